The maximum atomic E-state index is 6.08. The van der Waals surface area contributed by atoms with Crippen LogP contribution in [0.1, 0.15) is 31.2 Å². The third-order valence-electron chi connectivity index (χ3n) is 3.57. The maximum absolute atomic E-state index is 6.08. The molecule has 0 spiro atoms. The van der Waals surface area contributed by atoms with Gasteiger partial charge in [-0.15, -0.1) is 0 Å². The summed E-state index contributed by atoms with van der Waals surface area (Å²) in [7, 11) is 0. The number of nitrogens with zero attached hydrogens (tertiary/aromatic N) is 3. The Hall–Kier alpha value is -0.870. The summed E-state index contributed by atoms with van der Waals surface area (Å²) >= 11 is 6.08. The Morgan fingerprint density at radius 1 is 1.28 bits per heavy atom. The van der Waals surface area contributed by atoms with Crippen molar-refractivity contribution in [2.24, 2.45) is 0 Å². The van der Waals surface area contributed by atoms with Crippen LogP contribution >= 0.6 is 11.6 Å². The Kier molecular flexibility index (Phi) is 4.40. The number of piperidine rings is 1. The summed E-state index contributed by atoms with van der Waals surface area (Å²) in [6.07, 6.45) is 2.32. The molecule has 1 aromatic rings. The minimum Gasteiger partial charge on any atom is -0.367 e. The SMILES string of the molecule is CCN1CCC(Nc2nc(C)nc(Cl)c2C)CC1. The smallest absolute Gasteiger partial charge is 0.137 e. The van der Waals surface area contributed by atoms with Crippen LogP contribution in [0.15, 0.2) is 0 Å². The minimum absolute atomic E-state index is 0.497. The minimum atomic E-state index is 0.497. The number of likely N-dealkylation sites (tertiary alicyclic amines) is 1. The van der Waals surface area contributed by atoms with Crippen LogP contribution in [0.5, 0.6) is 0 Å². The van der Waals surface area contributed by atoms with Crippen molar-refractivity contribution in [1.82, 2.24) is 14.9 Å². The zero-order valence-corrected chi connectivity index (χ0v) is 12.1. The van der Waals surface area contributed by atoms with Gasteiger partial charge < -0.3 is 10.2 Å². The van der Waals surface area contributed by atoms with Gasteiger partial charge in [-0.3, -0.25) is 0 Å². The molecular weight excluding hydrogens is 248 g/mol. The molecule has 0 atom stereocenters. The lowest BCUT2D eigenvalue weighted by atomic mass is 10.0. The predicted octanol–water partition coefficient (Wildman–Crippen LogP) is 2.64. The first-order valence-electron chi connectivity index (χ1n) is 6.59. The Morgan fingerprint density at radius 2 is 1.94 bits per heavy atom. The van der Waals surface area contributed by atoms with Gasteiger partial charge in [0.25, 0.3) is 0 Å². The van der Waals surface area contributed by atoms with Crippen LogP contribution in [-0.2, 0) is 0 Å². The standard InChI is InChI=1S/C13H21ClN4/c1-4-18-7-5-11(6-8-18)17-13-9(2)12(14)15-10(3)16-13/h11H,4-8H2,1-3H3,(H,15,16,17). The van der Waals surface area contributed by atoms with E-state index in [0.29, 0.717) is 11.2 Å². The van der Waals surface area contributed by atoms with Crippen molar-refractivity contribution in [1.29, 1.82) is 0 Å². The molecule has 0 aromatic carbocycles. The molecule has 4 nitrogen and oxygen atoms in total. The molecular formula is C13H21ClN4. The average molecular weight is 269 g/mol. The van der Waals surface area contributed by atoms with Crippen molar-refractivity contribution < 1.29 is 0 Å². The Labute approximate surface area is 114 Å². The van der Waals surface area contributed by atoms with Crippen LogP contribution in [0.4, 0.5) is 5.82 Å². The molecule has 2 heterocycles. The number of hydrogen-bond acceptors (Lipinski definition) is 4. The van der Waals surface area contributed by atoms with Crippen molar-refractivity contribution in [3.05, 3.63) is 16.5 Å². The van der Waals surface area contributed by atoms with Gasteiger partial charge in [0.1, 0.15) is 16.8 Å². The molecule has 18 heavy (non-hydrogen) atoms. The molecule has 0 aliphatic carbocycles. The molecule has 1 saturated heterocycles. The summed E-state index contributed by atoms with van der Waals surface area (Å²) in [4.78, 5) is 11.1. The van der Waals surface area contributed by atoms with Crippen LogP contribution in [0.25, 0.3) is 0 Å². The van der Waals surface area contributed by atoms with Gasteiger partial charge in [-0.1, -0.05) is 18.5 Å². The maximum Gasteiger partial charge on any atom is 0.137 e. The lowest BCUT2D eigenvalue weighted by Gasteiger charge is -2.32. The number of aryl methyl sites for hydroxylation is 1. The molecule has 1 fully saturated rings. The van der Waals surface area contributed by atoms with Crippen LogP contribution in [0, 0.1) is 13.8 Å². The van der Waals surface area contributed by atoms with E-state index in [9.17, 15) is 0 Å². The zero-order valence-electron chi connectivity index (χ0n) is 11.3. The highest BCUT2D eigenvalue weighted by Gasteiger charge is 2.19. The summed E-state index contributed by atoms with van der Waals surface area (Å²) in [5.41, 5.74) is 0.945. The molecule has 1 aliphatic heterocycles. The van der Waals surface area contributed by atoms with E-state index in [4.69, 9.17) is 11.6 Å². The predicted molar refractivity (Wildman–Crippen MR) is 75.3 cm³/mol. The van der Waals surface area contributed by atoms with E-state index in [2.05, 4.69) is 27.1 Å². The van der Waals surface area contributed by atoms with Crippen molar-refractivity contribution >= 4 is 17.4 Å². The molecule has 0 bridgehead atoms. The second kappa shape index (κ2) is 5.85. The molecule has 1 N–H and O–H groups in total. The summed E-state index contributed by atoms with van der Waals surface area (Å²) < 4.78 is 0. The molecule has 0 unspecified atom stereocenters. The monoisotopic (exact) mass is 268 g/mol. The molecule has 0 amide bonds. The van der Waals surface area contributed by atoms with Crippen LogP contribution < -0.4 is 5.32 Å². The first-order chi connectivity index (χ1) is 8.60. The Morgan fingerprint density at radius 3 is 2.56 bits per heavy atom. The highest BCUT2D eigenvalue weighted by atomic mass is 35.5. The molecule has 2 rings (SSSR count). The lowest BCUT2D eigenvalue weighted by molar-refractivity contribution is 0.229. The molecule has 100 valence electrons. The third kappa shape index (κ3) is 3.12. The van der Waals surface area contributed by atoms with Crippen LogP contribution in [0.2, 0.25) is 5.15 Å². The normalized spacial score (nSPS) is 18.0. The summed E-state index contributed by atoms with van der Waals surface area (Å²) in [6, 6.07) is 0.497. The number of halogens is 1. The van der Waals surface area contributed by atoms with E-state index in [1.54, 1.807) is 0 Å². The van der Waals surface area contributed by atoms with Gasteiger partial charge >= 0.3 is 0 Å². The van der Waals surface area contributed by atoms with Crippen molar-refractivity contribution in [3.63, 3.8) is 0 Å². The highest BCUT2D eigenvalue weighted by Crippen LogP contribution is 2.22. The second-order valence-electron chi connectivity index (χ2n) is 4.89. The van der Waals surface area contributed by atoms with Crippen molar-refractivity contribution in [3.8, 4) is 0 Å². The lowest BCUT2D eigenvalue weighted by Crippen LogP contribution is -2.39. The molecule has 5 heteroatoms. The number of hydrogen-bond donors (Lipinski definition) is 1. The quantitative estimate of drug-likeness (QED) is 0.856. The van der Waals surface area contributed by atoms with E-state index in [0.717, 1.165) is 49.7 Å². The number of anilines is 1. The summed E-state index contributed by atoms with van der Waals surface area (Å²) in [5.74, 6) is 1.61. The summed E-state index contributed by atoms with van der Waals surface area (Å²) in [6.45, 7) is 9.51. The van der Waals surface area contributed by atoms with E-state index in [1.165, 1.54) is 0 Å². The van der Waals surface area contributed by atoms with E-state index < -0.39 is 0 Å². The Balaban J connectivity index is 2.02. The van der Waals surface area contributed by atoms with Gasteiger partial charge in [0.15, 0.2) is 0 Å². The second-order valence-corrected chi connectivity index (χ2v) is 5.25. The fourth-order valence-corrected chi connectivity index (χ4v) is 2.53. The largest absolute Gasteiger partial charge is 0.367 e. The number of nitrogens with one attached hydrogen (secondary N) is 1. The number of rotatable bonds is 3. The fourth-order valence-electron chi connectivity index (χ4n) is 2.32. The van der Waals surface area contributed by atoms with Gasteiger partial charge in [-0.25, -0.2) is 9.97 Å². The Bertz CT molecular complexity index is 414. The first kappa shape index (κ1) is 13.6. The first-order valence-corrected chi connectivity index (χ1v) is 6.97. The zero-order chi connectivity index (χ0) is 13.1. The summed E-state index contributed by atoms with van der Waals surface area (Å²) in [5, 5.41) is 4.07. The topological polar surface area (TPSA) is 41.0 Å². The highest BCUT2D eigenvalue weighted by molar-refractivity contribution is 6.30. The fraction of sp³-hybridized carbons (Fsp3) is 0.692. The van der Waals surface area contributed by atoms with Gasteiger partial charge in [0.2, 0.25) is 0 Å². The third-order valence-corrected chi connectivity index (χ3v) is 3.94. The van der Waals surface area contributed by atoms with Crippen LogP contribution in [-0.4, -0.2) is 40.5 Å². The molecule has 0 saturated carbocycles. The van der Waals surface area contributed by atoms with E-state index in [-0.39, 0.29) is 0 Å². The van der Waals surface area contributed by atoms with Crippen molar-refractivity contribution in [2.75, 3.05) is 25.0 Å². The van der Waals surface area contributed by atoms with Gasteiger partial charge in [-0.2, -0.15) is 0 Å². The van der Waals surface area contributed by atoms with Gasteiger partial charge in [-0.05, 0) is 33.2 Å². The van der Waals surface area contributed by atoms with Crippen LogP contribution in [0.3, 0.4) is 0 Å². The molecule has 0 radical (unpaired) electrons. The average Bonchev–Trinajstić information content (AvgIpc) is 2.36. The van der Waals surface area contributed by atoms with E-state index >= 15 is 0 Å². The van der Waals surface area contributed by atoms with Gasteiger partial charge in [0.05, 0.1) is 0 Å². The van der Waals surface area contributed by atoms with Gasteiger partial charge in [0, 0.05) is 24.7 Å². The van der Waals surface area contributed by atoms with Crippen molar-refractivity contribution in [2.45, 2.75) is 39.7 Å². The molecule has 1 aromatic heterocycles. The molecule has 1 aliphatic rings. The number of aromatic nitrogens is 2. The van der Waals surface area contributed by atoms with E-state index in [1.807, 2.05) is 13.8 Å².